The number of esters is 1. The number of ether oxygens (including phenoxy) is 1. The second-order valence-corrected chi connectivity index (χ2v) is 3.19. The molecule has 14 heavy (non-hydrogen) atoms. The lowest BCUT2D eigenvalue weighted by atomic mass is 10.1. The van der Waals surface area contributed by atoms with Gasteiger partial charge in [-0.3, -0.25) is 4.79 Å². The van der Waals surface area contributed by atoms with Crippen LogP contribution in [0.15, 0.2) is 12.1 Å². The van der Waals surface area contributed by atoms with Gasteiger partial charge in [0.2, 0.25) is 0 Å². The molecule has 1 rings (SSSR count). The Balaban J connectivity index is 3.33. The van der Waals surface area contributed by atoms with Gasteiger partial charge in [-0.1, -0.05) is 11.6 Å². The lowest BCUT2D eigenvalue weighted by Gasteiger charge is -2.06. The number of hydrogen-bond acceptors (Lipinski definition) is 3. The number of carbonyl (C=O) groups excluding carboxylic acids is 2. The Morgan fingerprint density at radius 1 is 1.50 bits per heavy atom. The van der Waals surface area contributed by atoms with Crippen LogP contribution in [-0.2, 0) is 4.74 Å². The van der Waals surface area contributed by atoms with Crippen molar-refractivity contribution in [2.75, 3.05) is 7.11 Å². The average molecular weight is 213 g/mol. The molecule has 0 N–H and O–H groups in total. The maximum Gasteiger partial charge on any atom is 0.338 e. The first-order valence-electron chi connectivity index (χ1n) is 3.93. The summed E-state index contributed by atoms with van der Waals surface area (Å²) in [5, 5.41) is 0.384. The van der Waals surface area contributed by atoms with Crippen LogP contribution in [0.2, 0.25) is 5.02 Å². The fourth-order valence-electron chi connectivity index (χ4n) is 1.09. The van der Waals surface area contributed by atoms with E-state index in [-0.39, 0.29) is 0 Å². The molecule has 0 spiro atoms. The predicted molar refractivity (Wildman–Crippen MR) is 52.9 cm³/mol. The van der Waals surface area contributed by atoms with Gasteiger partial charge in [0.1, 0.15) is 6.29 Å². The van der Waals surface area contributed by atoms with E-state index in [2.05, 4.69) is 4.74 Å². The molecular weight excluding hydrogens is 204 g/mol. The molecule has 0 fully saturated rings. The SMILES string of the molecule is COC(=O)c1cc(C=O)cc(Cl)c1C. The molecule has 0 heterocycles. The fraction of sp³-hybridized carbons (Fsp3) is 0.200. The zero-order valence-corrected chi connectivity index (χ0v) is 8.59. The molecule has 0 aliphatic carbocycles. The van der Waals surface area contributed by atoms with Crippen LogP contribution in [-0.4, -0.2) is 19.4 Å². The Kier molecular flexibility index (Phi) is 3.25. The zero-order chi connectivity index (χ0) is 10.7. The minimum atomic E-state index is -0.492. The smallest absolute Gasteiger partial charge is 0.338 e. The minimum Gasteiger partial charge on any atom is -0.465 e. The van der Waals surface area contributed by atoms with E-state index in [1.165, 1.54) is 19.2 Å². The summed E-state index contributed by atoms with van der Waals surface area (Å²) in [4.78, 5) is 21.8. The summed E-state index contributed by atoms with van der Waals surface area (Å²) >= 11 is 5.83. The summed E-state index contributed by atoms with van der Waals surface area (Å²) in [7, 11) is 1.28. The van der Waals surface area contributed by atoms with Crippen LogP contribution in [0.3, 0.4) is 0 Å². The summed E-state index contributed by atoms with van der Waals surface area (Å²) in [6.07, 6.45) is 0.637. The van der Waals surface area contributed by atoms with Crippen molar-refractivity contribution in [3.05, 3.63) is 33.8 Å². The van der Waals surface area contributed by atoms with E-state index >= 15 is 0 Å². The van der Waals surface area contributed by atoms with Gasteiger partial charge in [0, 0.05) is 10.6 Å². The number of hydrogen-bond donors (Lipinski definition) is 0. The molecule has 0 amide bonds. The third-order valence-corrected chi connectivity index (χ3v) is 2.30. The molecule has 0 radical (unpaired) electrons. The Morgan fingerprint density at radius 3 is 2.64 bits per heavy atom. The largest absolute Gasteiger partial charge is 0.465 e. The molecule has 74 valence electrons. The number of benzene rings is 1. The summed E-state index contributed by atoms with van der Waals surface area (Å²) in [6.45, 7) is 1.70. The van der Waals surface area contributed by atoms with Crippen LogP contribution in [0.4, 0.5) is 0 Å². The highest BCUT2D eigenvalue weighted by molar-refractivity contribution is 6.32. The van der Waals surface area contributed by atoms with Gasteiger partial charge in [-0.05, 0) is 24.6 Å². The Hall–Kier alpha value is -1.35. The summed E-state index contributed by atoms with van der Waals surface area (Å²) in [5.41, 5.74) is 1.30. The molecule has 1 aromatic rings. The molecule has 4 heteroatoms. The molecule has 0 atom stereocenters. The van der Waals surface area contributed by atoms with Crippen molar-refractivity contribution in [2.45, 2.75) is 6.92 Å². The lowest BCUT2D eigenvalue weighted by Crippen LogP contribution is -2.05. The van der Waals surface area contributed by atoms with Crippen LogP contribution in [0, 0.1) is 6.92 Å². The molecule has 0 aromatic heterocycles. The van der Waals surface area contributed by atoms with E-state index in [1.807, 2.05) is 0 Å². The van der Waals surface area contributed by atoms with Crippen molar-refractivity contribution >= 4 is 23.9 Å². The highest BCUT2D eigenvalue weighted by Crippen LogP contribution is 2.21. The summed E-state index contributed by atoms with van der Waals surface area (Å²) in [5.74, 6) is -0.492. The second-order valence-electron chi connectivity index (χ2n) is 2.78. The van der Waals surface area contributed by atoms with Crippen molar-refractivity contribution < 1.29 is 14.3 Å². The van der Waals surface area contributed by atoms with Gasteiger partial charge in [-0.15, -0.1) is 0 Å². The van der Waals surface area contributed by atoms with Crippen LogP contribution in [0.1, 0.15) is 26.3 Å². The minimum absolute atomic E-state index is 0.321. The second kappa shape index (κ2) is 4.24. The van der Waals surface area contributed by atoms with Gasteiger partial charge in [0.25, 0.3) is 0 Å². The highest BCUT2D eigenvalue weighted by atomic mass is 35.5. The number of halogens is 1. The van der Waals surface area contributed by atoms with E-state index in [1.54, 1.807) is 6.92 Å². The first-order chi connectivity index (χ1) is 6.60. The van der Waals surface area contributed by atoms with Crippen LogP contribution in [0.5, 0.6) is 0 Å². The third kappa shape index (κ3) is 1.93. The van der Waals surface area contributed by atoms with E-state index in [0.717, 1.165) is 0 Å². The van der Waals surface area contributed by atoms with Gasteiger partial charge in [0.15, 0.2) is 0 Å². The molecule has 0 aliphatic rings. The van der Waals surface area contributed by atoms with Crippen molar-refractivity contribution in [3.8, 4) is 0 Å². The fourth-order valence-corrected chi connectivity index (χ4v) is 1.32. The van der Waals surface area contributed by atoms with Crippen molar-refractivity contribution in [1.82, 2.24) is 0 Å². The first kappa shape index (κ1) is 10.7. The van der Waals surface area contributed by atoms with E-state index in [4.69, 9.17) is 11.6 Å². The molecule has 0 aliphatic heterocycles. The predicted octanol–water partition coefficient (Wildman–Crippen LogP) is 2.25. The van der Waals surface area contributed by atoms with Crippen LogP contribution >= 0.6 is 11.6 Å². The summed E-state index contributed by atoms with van der Waals surface area (Å²) in [6, 6.07) is 2.97. The third-order valence-electron chi connectivity index (χ3n) is 1.91. The highest BCUT2D eigenvalue weighted by Gasteiger charge is 2.12. The van der Waals surface area contributed by atoms with E-state index < -0.39 is 5.97 Å². The molecule has 0 unspecified atom stereocenters. The topological polar surface area (TPSA) is 43.4 Å². The van der Waals surface area contributed by atoms with Gasteiger partial charge in [0.05, 0.1) is 12.7 Å². The Bertz CT molecular complexity index is 385. The molecular formula is C10H9ClO3. The van der Waals surface area contributed by atoms with E-state index in [0.29, 0.717) is 28.0 Å². The molecule has 0 saturated heterocycles. The van der Waals surface area contributed by atoms with Crippen LogP contribution in [0.25, 0.3) is 0 Å². The van der Waals surface area contributed by atoms with Gasteiger partial charge in [-0.2, -0.15) is 0 Å². The molecule has 1 aromatic carbocycles. The van der Waals surface area contributed by atoms with Gasteiger partial charge < -0.3 is 4.74 Å². The number of carbonyl (C=O) groups is 2. The van der Waals surface area contributed by atoms with E-state index in [9.17, 15) is 9.59 Å². The molecule has 0 saturated carbocycles. The number of methoxy groups -OCH3 is 1. The number of rotatable bonds is 2. The quantitative estimate of drug-likeness (QED) is 0.558. The maximum atomic E-state index is 11.3. The Morgan fingerprint density at radius 2 is 2.14 bits per heavy atom. The lowest BCUT2D eigenvalue weighted by molar-refractivity contribution is 0.0600. The average Bonchev–Trinajstić information content (AvgIpc) is 2.20. The molecule has 3 nitrogen and oxygen atoms in total. The molecule has 0 bridgehead atoms. The van der Waals surface area contributed by atoms with Crippen molar-refractivity contribution in [3.63, 3.8) is 0 Å². The summed E-state index contributed by atoms with van der Waals surface area (Å²) < 4.78 is 4.56. The zero-order valence-electron chi connectivity index (χ0n) is 7.83. The monoisotopic (exact) mass is 212 g/mol. The normalized spacial score (nSPS) is 9.64. The number of aldehydes is 1. The van der Waals surface area contributed by atoms with Gasteiger partial charge in [-0.25, -0.2) is 4.79 Å². The van der Waals surface area contributed by atoms with Crippen LogP contribution < -0.4 is 0 Å². The first-order valence-corrected chi connectivity index (χ1v) is 4.31. The maximum absolute atomic E-state index is 11.3. The standard InChI is InChI=1S/C10H9ClO3/c1-6-8(10(13)14-2)3-7(5-12)4-9(6)11/h3-5H,1-2H3. The van der Waals surface area contributed by atoms with Crippen molar-refractivity contribution in [2.24, 2.45) is 0 Å². The Labute approximate surface area is 86.6 Å². The van der Waals surface area contributed by atoms with Gasteiger partial charge >= 0.3 is 5.97 Å². The van der Waals surface area contributed by atoms with Crippen molar-refractivity contribution in [1.29, 1.82) is 0 Å².